The first-order valence-corrected chi connectivity index (χ1v) is 20.0. The Morgan fingerprint density at radius 2 is 1.46 bits per heavy atom. The average molecular weight is 754 g/mol. The molecule has 298 valence electrons. The van der Waals surface area contributed by atoms with Gasteiger partial charge in [-0.25, -0.2) is 4.79 Å². The second-order valence-electron chi connectivity index (χ2n) is 15.8. The van der Waals surface area contributed by atoms with Crippen LogP contribution < -0.4 is 26.6 Å². The van der Waals surface area contributed by atoms with Crippen molar-refractivity contribution in [3.63, 3.8) is 0 Å². The number of amides is 5. The molecule has 1 heterocycles. The number of furan rings is 1. The number of aliphatic hydroxyl groups is 1. The van der Waals surface area contributed by atoms with Crippen LogP contribution in [0.3, 0.4) is 0 Å². The molecule has 0 spiro atoms. The Morgan fingerprint density at radius 3 is 2.00 bits per heavy atom. The van der Waals surface area contributed by atoms with Gasteiger partial charge in [0.25, 0.3) is 0 Å². The number of alkyl carbamates (subject to hydrolysis) is 1. The summed E-state index contributed by atoms with van der Waals surface area (Å²) in [6.07, 6.45) is 4.20. The third kappa shape index (κ3) is 19.0. The van der Waals surface area contributed by atoms with Crippen LogP contribution >= 0.6 is 11.8 Å². The molecule has 5 amide bonds. The maximum absolute atomic E-state index is 13.7. The molecule has 0 aliphatic rings. The van der Waals surface area contributed by atoms with Crippen molar-refractivity contribution in [1.82, 2.24) is 26.6 Å². The fourth-order valence-electron chi connectivity index (χ4n) is 5.54. The number of hydrogen-bond acceptors (Lipinski definition) is 9. The van der Waals surface area contributed by atoms with Crippen molar-refractivity contribution < 1.29 is 38.2 Å². The molecule has 1 aromatic heterocycles. The predicted molar refractivity (Wildman–Crippen MR) is 206 cm³/mol. The Balaban J connectivity index is 2.97. The van der Waals surface area contributed by atoms with Crippen LogP contribution in [0.2, 0.25) is 0 Å². The van der Waals surface area contributed by atoms with E-state index < -0.39 is 59.7 Å². The van der Waals surface area contributed by atoms with E-state index in [-0.39, 0.29) is 36.0 Å². The Hall–Kier alpha value is -3.26. The van der Waals surface area contributed by atoms with Gasteiger partial charge >= 0.3 is 6.09 Å². The van der Waals surface area contributed by atoms with E-state index in [0.29, 0.717) is 44.4 Å². The molecule has 0 radical (unpaired) electrons. The highest BCUT2D eigenvalue weighted by Crippen LogP contribution is 2.18. The van der Waals surface area contributed by atoms with Gasteiger partial charge in [0, 0.05) is 18.9 Å². The van der Waals surface area contributed by atoms with Gasteiger partial charge in [0.2, 0.25) is 23.6 Å². The van der Waals surface area contributed by atoms with E-state index in [1.54, 1.807) is 34.0 Å². The van der Waals surface area contributed by atoms with Gasteiger partial charge in [0.05, 0.1) is 18.4 Å². The minimum atomic E-state index is -1.08. The highest BCUT2D eigenvalue weighted by Gasteiger charge is 2.33. The Labute approximate surface area is 315 Å². The second-order valence-corrected chi connectivity index (χ2v) is 16.8. The third-order valence-electron chi connectivity index (χ3n) is 8.24. The summed E-state index contributed by atoms with van der Waals surface area (Å²) in [4.78, 5) is 66.1. The van der Waals surface area contributed by atoms with Gasteiger partial charge in [-0.3, -0.25) is 19.2 Å². The Morgan fingerprint density at radius 1 is 0.827 bits per heavy atom. The molecule has 0 unspecified atom stereocenters. The summed E-state index contributed by atoms with van der Waals surface area (Å²) in [5.41, 5.74) is -0.750. The molecular formula is C38H67N5O8S. The lowest BCUT2D eigenvalue weighted by Gasteiger charge is -2.30. The van der Waals surface area contributed by atoms with Crippen molar-refractivity contribution in [2.24, 2.45) is 23.7 Å². The van der Waals surface area contributed by atoms with Crippen LogP contribution in [0.1, 0.15) is 107 Å². The summed E-state index contributed by atoms with van der Waals surface area (Å²) in [6, 6.07) is 0.383. The van der Waals surface area contributed by atoms with Crippen LogP contribution in [0.25, 0.3) is 0 Å². The lowest BCUT2D eigenvalue weighted by Crippen LogP contribution is -2.57. The van der Waals surface area contributed by atoms with E-state index in [9.17, 15) is 29.1 Å². The molecule has 6 atom stereocenters. The van der Waals surface area contributed by atoms with Gasteiger partial charge in [-0.2, -0.15) is 11.8 Å². The van der Waals surface area contributed by atoms with Crippen LogP contribution in [0, 0.1) is 23.7 Å². The molecular weight excluding hydrogens is 687 g/mol. The van der Waals surface area contributed by atoms with Gasteiger partial charge in [-0.15, -0.1) is 0 Å². The maximum Gasteiger partial charge on any atom is 0.408 e. The molecule has 0 aliphatic carbocycles. The topological polar surface area (TPSA) is 188 Å². The van der Waals surface area contributed by atoms with E-state index in [4.69, 9.17) is 9.15 Å². The monoisotopic (exact) mass is 753 g/mol. The van der Waals surface area contributed by atoms with Gasteiger partial charge in [-0.1, -0.05) is 48.5 Å². The molecule has 0 bridgehead atoms. The van der Waals surface area contributed by atoms with Crippen LogP contribution in [0.5, 0.6) is 0 Å². The first-order chi connectivity index (χ1) is 24.2. The summed E-state index contributed by atoms with van der Waals surface area (Å²) >= 11 is 1.52. The van der Waals surface area contributed by atoms with E-state index in [2.05, 4.69) is 26.6 Å². The molecule has 1 rings (SSSR count). The molecule has 6 N–H and O–H groups in total. The van der Waals surface area contributed by atoms with Gasteiger partial charge in [-0.05, 0) is 94.8 Å². The molecule has 0 aromatic carbocycles. The SMILES string of the molecule is CSCC[C@H](NC(=O)[C@H](CC(C)C)NC(=O)OC(C)(C)C)C(=O)N[C@@H](CC(C)C)[C@@H](O)C[C@@H](C)C(=O)N[C@H](C(=O)NCCCc1ccco1)C(C)C. The van der Waals surface area contributed by atoms with E-state index in [1.807, 2.05) is 59.9 Å². The zero-order chi connectivity index (χ0) is 39.6. The van der Waals surface area contributed by atoms with Crippen molar-refractivity contribution >= 4 is 41.5 Å². The first kappa shape index (κ1) is 46.8. The van der Waals surface area contributed by atoms with Crippen LogP contribution in [-0.2, 0) is 30.3 Å². The average Bonchev–Trinajstić information content (AvgIpc) is 3.55. The number of aliphatic hydroxyl groups excluding tert-OH is 1. The summed E-state index contributed by atoms with van der Waals surface area (Å²) in [5, 5.41) is 25.6. The van der Waals surface area contributed by atoms with Crippen molar-refractivity contribution in [2.45, 2.75) is 144 Å². The number of aryl methyl sites for hydroxylation is 1. The number of hydrogen-bond donors (Lipinski definition) is 6. The second kappa shape index (κ2) is 23.4. The van der Waals surface area contributed by atoms with Gasteiger partial charge in [0.15, 0.2) is 0 Å². The highest BCUT2D eigenvalue weighted by atomic mass is 32.2. The quantitative estimate of drug-likeness (QED) is 0.0871. The lowest BCUT2D eigenvalue weighted by atomic mass is 9.91. The normalized spacial score (nSPS) is 15.3. The number of thioether (sulfide) groups is 1. The van der Waals surface area contributed by atoms with Crippen molar-refractivity contribution in [2.75, 3.05) is 18.6 Å². The van der Waals surface area contributed by atoms with Gasteiger partial charge < -0.3 is 40.8 Å². The summed E-state index contributed by atoms with van der Waals surface area (Å²) < 4.78 is 10.7. The molecule has 13 nitrogen and oxygen atoms in total. The largest absolute Gasteiger partial charge is 0.469 e. The number of ether oxygens (including phenoxy) is 1. The lowest BCUT2D eigenvalue weighted by molar-refractivity contribution is -0.133. The molecule has 1 aromatic rings. The van der Waals surface area contributed by atoms with Gasteiger partial charge in [0.1, 0.15) is 29.5 Å². The molecule has 0 aliphatic heterocycles. The molecule has 52 heavy (non-hydrogen) atoms. The van der Waals surface area contributed by atoms with Crippen LogP contribution in [-0.4, -0.2) is 89.3 Å². The Kier molecular flexibility index (Phi) is 21.1. The summed E-state index contributed by atoms with van der Waals surface area (Å²) in [7, 11) is 0. The predicted octanol–water partition coefficient (Wildman–Crippen LogP) is 4.56. The van der Waals surface area contributed by atoms with Crippen molar-refractivity contribution in [3.8, 4) is 0 Å². The minimum Gasteiger partial charge on any atom is -0.469 e. The van der Waals surface area contributed by atoms with Crippen molar-refractivity contribution in [1.29, 1.82) is 0 Å². The fourth-order valence-corrected chi connectivity index (χ4v) is 6.01. The highest BCUT2D eigenvalue weighted by molar-refractivity contribution is 7.98. The fraction of sp³-hybridized carbons (Fsp3) is 0.763. The zero-order valence-electron chi connectivity index (χ0n) is 33.3. The molecule has 14 heteroatoms. The smallest absolute Gasteiger partial charge is 0.408 e. The van der Waals surface area contributed by atoms with E-state index >= 15 is 0 Å². The number of carbonyl (C=O) groups is 5. The minimum absolute atomic E-state index is 0.0389. The number of carbonyl (C=O) groups excluding carboxylic acids is 5. The van der Waals surface area contributed by atoms with E-state index in [1.165, 1.54) is 11.8 Å². The number of rotatable bonds is 23. The van der Waals surface area contributed by atoms with Crippen LogP contribution in [0.15, 0.2) is 22.8 Å². The van der Waals surface area contributed by atoms with Crippen molar-refractivity contribution in [3.05, 3.63) is 24.2 Å². The zero-order valence-corrected chi connectivity index (χ0v) is 34.1. The summed E-state index contributed by atoms with van der Waals surface area (Å²) in [6.45, 7) is 18.8. The van der Waals surface area contributed by atoms with E-state index in [0.717, 1.165) is 5.76 Å². The summed E-state index contributed by atoms with van der Waals surface area (Å²) in [5.74, 6) is -0.893. The maximum atomic E-state index is 13.7. The molecule has 0 saturated carbocycles. The molecule has 0 fully saturated rings. The third-order valence-corrected chi connectivity index (χ3v) is 8.89. The first-order valence-electron chi connectivity index (χ1n) is 18.6. The van der Waals surface area contributed by atoms with Crippen LogP contribution in [0.4, 0.5) is 4.79 Å². The standard InChI is InChI=1S/C38H67N5O8S/c1-23(2)20-29(31(44)22-26(7)33(45)43-32(25(5)6)36(48)39-17-12-14-27-15-13-18-50-27)41-34(46)28(16-19-52-11)40-35(47)30(21-24(3)4)42-37(49)51-38(8,9)10/h13,15,18,23-26,28-32,44H,12,14,16-17,19-22H2,1-11H3,(H,39,48)(H,40,47)(H,41,46)(H,42,49)(H,43,45)/t26-,28+,29+,30+,31+,32+/m1/s1. The molecule has 0 saturated heterocycles. The Bertz CT molecular complexity index is 1230. The number of nitrogens with one attached hydrogen (secondary N) is 5.